The minimum Gasteiger partial charge on any atom is -0.324 e. The van der Waals surface area contributed by atoms with Crippen molar-refractivity contribution < 1.29 is 18.8 Å². The van der Waals surface area contributed by atoms with E-state index in [4.69, 9.17) is 0 Å². The van der Waals surface area contributed by atoms with Crippen molar-refractivity contribution in [1.29, 1.82) is 0 Å². The van der Waals surface area contributed by atoms with Crippen LogP contribution in [0.4, 0.5) is 10.1 Å². The molecule has 3 amide bonds. The maximum atomic E-state index is 13.7. The summed E-state index contributed by atoms with van der Waals surface area (Å²) in [5.74, 6) is -1.92. The van der Waals surface area contributed by atoms with Crippen LogP contribution >= 0.6 is 0 Å². The lowest BCUT2D eigenvalue weighted by Gasteiger charge is -2.14. The Morgan fingerprint density at radius 2 is 1.83 bits per heavy atom. The predicted octanol–water partition coefficient (Wildman–Crippen LogP) is 2.41. The molecule has 3 rings (SSSR count). The number of imide groups is 1. The third-order valence-electron chi connectivity index (χ3n) is 4.56. The average Bonchev–Trinajstić information content (AvgIpc) is 2.80. The number of allylic oxidation sites excluding steroid dienone is 2. The number of carbonyl (C=O) groups excluding carboxylic acids is 3. The number of rotatable bonds is 4. The summed E-state index contributed by atoms with van der Waals surface area (Å²) < 4.78 is 13.7. The highest BCUT2D eigenvalue weighted by atomic mass is 19.1. The van der Waals surface area contributed by atoms with Crippen LogP contribution in [0.2, 0.25) is 0 Å². The molecular formula is C18H19FN2O3. The molecule has 1 aromatic rings. The van der Waals surface area contributed by atoms with Crippen molar-refractivity contribution in [2.24, 2.45) is 11.8 Å². The fourth-order valence-electron chi connectivity index (χ4n) is 3.24. The number of hydrogen-bond acceptors (Lipinski definition) is 3. The highest BCUT2D eigenvalue weighted by molar-refractivity contribution is 6.05. The van der Waals surface area contributed by atoms with Gasteiger partial charge in [-0.2, -0.15) is 0 Å². The van der Waals surface area contributed by atoms with Gasteiger partial charge in [-0.05, 0) is 37.5 Å². The molecule has 1 heterocycles. The molecule has 2 aliphatic rings. The first-order valence-electron chi connectivity index (χ1n) is 8.03. The molecule has 1 saturated heterocycles. The fraction of sp³-hybridized carbons (Fsp3) is 0.389. The van der Waals surface area contributed by atoms with E-state index in [2.05, 4.69) is 5.32 Å². The molecule has 1 fully saturated rings. The van der Waals surface area contributed by atoms with Crippen LogP contribution in [-0.2, 0) is 14.4 Å². The lowest BCUT2D eigenvalue weighted by atomic mass is 9.85. The molecule has 2 atom stereocenters. The van der Waals surface area contributed by atoms with Gasteiger partial charge < -0.3 is 5.32 Å². The molecular weight excluding hydrogens is 311 g/mol. The van der Waals surface area contributed by atoms with E-state index in [-0.39, 0.29) is 42.3 Å². The number of nitrogens with one attached hydrogen (secondary N) is 1. The van der Waals surface area contributed by atoms with Gasteiger partial charge in [-0.25, -0.2) is 4.39 Å². The van der Waals surface area contributed by atoms with E-state index >= 15 is 0 Å². The zero-order valence-electron chi connectivity index (χ0n) is 13.4. The minimum absolute atomic E-state index is 0.0317. The van der Waals surface area contributed by atoms with Crippen LogP contribution in [0.25, 0.3) is 0 Å². The maximum Gasteiger partial charge on any atom is 0.233 e. The second kappa shape index (κ2) is 6.55. The summed E-state index contributed by atoms with van der Waals surface area (Å²) in [5.41, 5.74) is 0.859. The average molecular weight is 330 g/mol. The Morgan fingerprint density at radius 1 is 1.21 bits per heavy atom. The van der Waals surface area contributed by atoms with Gasteiger partial charge in [0, 0.05) is 13.0 Å². The van der Waals surface area contributed by atoms with E-state index in [1.165, 1.54) is 17.0 Å². The fourth-order valence-corrected chi connectivity index (χ4v) is 3.24. The second-order valence-corrected chi connectivity index (χ2v) is 6.27. The predicted molar refractivity (Wildman–Crippen MR) is 86.5 cm³/mol. The third-order valence-corrected chi connectivity index (χ3v) is 4.56. The number of aryl methyl sites for hydroxylation is 1. The molecule has 0 bridgehead atoms. The Kier molecular flexibility index (Phi) is 4.46. The number of likely N-dealkylation sites (tertiary alicyclic amines) is 1. The molecule has 0 radical (unpaired) electrons. The minimum atomic E-state index is -0.506. The highest BCUT2D eigenvalue weighted by Gasteiger charge is 2.46. The largest absolute Gasteiger partial charge is 0.324 e. The molecule has 5 nitrogen and oxygen atoms in total. The maximum absolute atomic E-state index is 13.7. The molecule has 0 aromatic heterocycles. The third kappa shape index (κ3) is 3.09. The first kappa shape index (κ1) is 16.4. The first-order chi connectivity index (χ1) is 11.5. The molecule has 0 spiro atoms. The number of fused-ring (bicyclic) bond motifs is 1. The summed E-state index contributed by atoms with van der Waals surface area (Å²) in [7, 11) is 0. The van der Waals surface area contributed by atoms with E-state index in [0.717, 1.165) is 5.56 Å². The van der Waals surface area contributed by atoms with Crippen molar-refractivity contribution in [3.63, 3.8) is 0 Å². The Balaban J connectivity index is 1.58. The molecule has 1 aliphatic heterocycles. The van der Waals surface area contributed by atoms with E-state index in [9.17, 15) is 18.8 Å². The topological polar surface area (TPSA) is 66.5 Å². The Bertz CT molecular complexity index is 703. The normalized spacial score (nSPS) is 22.7. The van der Waals surface area contributed by atoms with Crippen molar-refractivity contribution in [3.8, 4) is 0 Å². The Morgan fingerprint density at radius 3 is 2.42 bits per heavy atom. The van der Waals surface area contributed by atoms with Gasteiger partial charge in [0.1, 0.15) is 5.82 Å². The molecule has 1 aromatic carbocycles. The molecule has 0 saturated carbocycles. The van der Waals surface area contributed by atoms with Crippen molar-refractivity contribution in [2.45, 2.75) is 26.2 Å². The number of amides is 3. The number of halogens is 1. The van der Waals surface area contributed by atoms with Crippen LogP contribution in [0.3, 0.4) is 0 Å². The molecule has 2 unspecified atom stereocenters. The van der Waals surface area contributed by atoms with Gasteiger partial charge >= 0.3 is 0 Å². The van der Waals surface area contributed by atoms with Gasteiger partial charge in [-0.1, -0.05) is 18.2 Å². The van der Waals surface area contributed by atoms with E-state index < -0.39 is 11.7 Å². The van der Waals surface area contributed by atoms with Crippen molar-refractivity contribution in [3.05, 3.63) is 41.7 Å². The lowest BCUT2D eigenvalue weighted by molar-refractivity contribution is -0.140. The van der Waals surface area contributed by atoms with Crippen LogP contribution in [-0.4, -0.2) is 29.2 Å². The summed E-state index contributed by atoms with van der Waals surface area (Å²) in [6.45, 7) is 1.79. The summed E-state index contributed by atoms with van der Waals surface area (Å²) in [6.07, 6.45) is 4.95. The molecule has 1 aliphatic carbocycles. The van der Waals surface area contributed by atoms with E-state index in [0.29, 0.717) is 12.8 Å². The van der Waals surface area contributed by atoms with Gasteiger partial charge in [0.05, 0.1) is 17.5 Å². The zero-order chi connectivity index (χ0) is 17.3. The first-order valence-corrected chi connectivity index (χ1v) is 8.03. The summed E-state index contributed by atoms with van der Waals surface area (Å²) >= 11 is 0. The lowest BCUT2D eigenvalue weighted by Crippen LogP contribution is -2.34. The monoisotopic (exact) mass is 330 g/mol. The van der Waals surface area contributed by atoms with Crippen LogP contribution in [0.5, 0.6) is 0 Å². The molecule has 6 heteroatoms. The Labute approximate surface area is 139 Å². The van der Waals surface area contributed by atoms with Crippen molar-refractivity contribution in [2.75, 3.05) is 11.9 Å². The van der Waals surface area contributed by atoms with Crippen LogP contribution in [0, 0.1) is 24.6 Å². The van der Waals surface area contributed by atoms with Crippen LogP contribution in [0.1, 0.15) is 24.8 Å². The quantitative estimate of drug-likeness (QED) is 0.681. The van der Waals surface area contributed by atoms with Gasteiger partial charge in [-0.3, -0.25) is 19.3 Å². The van der Waals surface area contributed by atoms with Crippen molar-refractivity contribution in [1.82, 2.24) is 4.90 Å². The summed E-state index contributed by atoms with van der Waals surface area (Å²) in [4.78, 5) is 37.8. The highest BCUT2D eigenvalue weighted by Crippen LogP contribution is 2.35. The second-order valence-electron chi connectivity index (χ2n) is 6.27. The smallest absolute Gasteiger partial charge is 0.233 e. The van der Waals surface area contributed by atoms with Crippen molar-refractivity contribution >= 4 is 23.4 Å². The molecule has 24 heavy (non-hydrogen) atoms. The standard InChI is InChI=1S/C18H19FN2O3/c1-11-6-7-15(14(19)10-11)20-16(22)8-9-21-17(23)12-4-2-3-5-13(12)18(21)24/h2-3,6-7,10,12-13H,4-5,8-9H2,1H3,(H,20,22). The summed E-state index contributed by atoms with van der Waals surface area (Å²) in [5, 5.41) is 2.48. The van der Waals surface area contributed by atoms with Crippen LogP contribution in [0.15, 0.2) is 30.4 Å². The molecule has 126 valence electrons. The van der Waals surface area contributed by atoms with E-state index in [1.807, 2.05) is 12.2 Å². The van der Waals surface area contributed by atoms with Gasteiger partial charge in [0.2, 0.25) is 17.7 Å². The number of anilines is 1. The number of carbonyl (C=O) groups is 3. The van der Waals surface area contributed by atoms with Gasteiger partial charge in [-0.15, -0.1) is 0 Å². The zero-order valence-corrected chi connectivity index (χ0v) is 13.4. The SMILES string of the molecule is Cc1ccc(NC(=O)CCN2C(=O)C3CC=CCC3C2=O)c(F)c1. The van der Waals surface area contributed by atoms with Crippen LogP contribution < -0.4 is 5.32 Å². The van der Waals surface area contributed by atoms with E-state index in [1.54, 1.807) is 13.0 Å². The Hall–Kier alpha value is -2.50. The number of benzene rings is 1. The van der Waals surface area contributed by atoms with Gasteiger partial charge in [0.15, 0.2) is 0 Å². The summed E-state index contributed by atoms with van der Waals surface area (Å²) in [6, 6.07) is 4.53. The molecule has 1 N–H and O–H groups in total. The number of nitrogens with zero attached hydrogens (tertiary/aromatic N) is 1. The van der Waals surface area contributed by atoms with Gasteiger partial charge in [0.25, 0.3) is 0 Å². The number of hydrogen-bond donors (Lipinski definition) is 1.